The third kappa shape index (κ3) is 2.86. The summed E-state index contributed by atoms with van der Waals surface area (Å²) in [5, 5.41) is 8.16. The van der Waals surface area contributed by atoms with Crippen molar-refractivity contribution in [3.8, 4) is 0 Å². The summed E-state index contributed by atoms with van der Waals surface area (Å²) in [4.78, 5) is 14.0. The van der Waals surface area contributed by atoms with E-state index in [1.54, 1.807) is 0 Å². The van der Waals surface area contributed by atoms with E-state index in [0.717, 1.165) is 0 Å². The number of hydrogen-bond donors (Lipinski definition) is 1. The molecule has 0 spiro atoms. The van der Waals surface area contributed by atoms with Crippen LogP contribution in [-0.4, -0.2) is 16.1 Å². The van der Waals surface area contributed by atoms with Gasteiger partial charge >= 0.3 is 5.97 Å². The van der Waals surface area contributed by atoms with Crippen molar-refractivity contribution >= 4 is 17.6 Å². The van der Waals surface area contributed by atoms with Gasteiger partial charge in [0.05, 0.1) is 17.7 Å². The average Bonchev–Trinajstić information content (AvgIpc) is 1.99. The first-order valence-electron chi connectivity index (χ1n) is 4.07. The Morgan fingerprint density at radius 3 is 2.67 bits per heavy atom. The number of carboxylic acids is 1. The van der Waals surface area contributed by atoms with Gasteiger partial charge < -0.3 is 5.11 Å². The molecule has 0 bridgehead atoms. The third-order valence-corrected chi connectivity index (χ3v) is 2.11. The maximum Gasteiger partial charge on any atom is 0.309 e. The van der Waals surface area contributed by atoms with E-state index < -0.39 is 12.4 Å². The molecule has 15 heavy (non-hydrogen) atoms. The standard InChI is InChI=1S/C9H8ClF2NO2/c1-4-2-5(3-6(14)15)13-8(10)7(4)9(11)12/h2,9H,3H2,1H3,(H,14,15). The van der Waals surface area contributed by atoms with Crippen molar-refractivity contribution in [1.29, 1.82) is 0 Å². The van der Waals surface area contributed by atoms with Crippen molar-refractivity contribution in [2.75, 3.05) is 0 Å². The van der Waals surface area contributed by atoms with E-state index in [9.17, 15) is 13.6 Å². The highest BCUT2D eigenvalue weighted by Crippen LogP contribution is 2.29. The molecule has 82 valence electrons. The fraction of sp³-hybridized carbons (Fsp3) is 0.333. The molecule has 0 saturated heterocycles. The first kappa shape index (κ1) is 11.8. The third-order valence-electron chi connectivity index (χ3n) is 1.82. The van der Waals surface area contributed by atoms with Gasteiger partial charge in [-0.05, 0) is 18.6 Å². The Hall–Kier alpha value is -1.23. The highest BCUT2D eigenvalue weighted by Gasteiger charge is 2.17. The molecule has 1 N–H and O–H groups in total. The SMILES string of the molecule is Cc1cc(CC(=O)O)nc(Cl)c1C(F)F. The fourth-order valence-corrected chi connectivity index (χ4v) is 1.56. The van der Waals surface area contributed by atoms with Gasteiger partial charge in [0.15, 0.2) is 0 Å². The van der Waals surface area contributed by atoms with Crippen molar-refractivity contribution in [1.82, 2.24) is 4.98 Å². The molecule has 0 saturated carbocycles. The van der Waals surface area contributed by atoms with Crippen molar-refractivity contribution in [2.24, 2.45) is 0 Å². The lowest BCUT2D eigenvalue weighted by Gasteiger charge is -2.08. The number of aryl methyl sites for hydroxylation is 1. The zero-order valence-electron chi connectivity index (χ0n) is 7.80. The first-order valence-corrected chi connectivity index (χ1v) is 4.45. The molecule has 1 heterocycles. The molecule has 0 aliphatic carbocycles. The Kier molecular flexibility index (Phi) is 3.57. The van der Waals surface area contributed by atoms with Crippen LogP contribution in [-0.2, 0) is 11.2 Å². The van der Waals surface area contributed by atoms with E-state index in [1.807, 2.05) is 0 Å². The zero-order chi connectivity index (χ0) is 11.6. The molecular formula is C9H8ClF2NO2. The quantitative estimate of drug-likeness (QED) is 0.820. The van der Waals surface area contributed by atoms with Crippen LogP contribution in [0.25, 0.3) is 0 Å². The molecule has 3 nitrogen and oxygen atoms in total. The smallest absolute Gasteiger partial charge is 0.309 e. The summed E-state index contributed by atoms with van der Waals surface area (Å²) in [7, 11) is 0. The maximum absolute atomic E-state index is 12.4. The summed E-state index contributed by atoms with van der Waals surface area (Å²) >= 11 is 5.53. The number of alkyl halides is 2. The van der Waals surface area contributed by atoms with E-state index in [2.05, 4.69) is 4.98 Å². The lowest BCUT2D eigenvalue weighted by atomic mass is 10.1. The van der Waals surface area contributed by atoms with E-state index in [4.69, 9.17) is 16.7 Å². The van der Waals surface area contributed by atoms with Crippen LogP contribution in [0.1, 0.15) is 23.2 Å². The minimum absolute atomic E-state index is 0.175. The Bertz CT molecular complexity index is 373. The summed E-state index contributed by atoms with van der Waals surface area (Å²) in [6, 6.07) is 1.31. The minimum atomic E-state index is -2.70. The number of aromatic nitrogens is 1. The van der Waals surface area contributed by atoms with E-state index >= 15 is 0 Å². The highest BCUT2D eigenvalue weighted by atomic mass is 35.5. The molecule has 0 unspecified atom stereocenters. The van der Waals surface area contributed by atoms with Crippen molar-refractivity contribution in [3.63, 3.8) is 0 Å². The van der Waals surface area contributed by atoms with Gasteiger partial charge in [-0.25, -0.2) is 13.8 Å². The molecule has 6 heteroatoms. The van der Waals surface area contributed by atoms with E-state index in [0.29, 0.717) is 0 Å². The lowest BCUT2D eigenvalue weighted by molar-refractivity contribution is -0.136. The van der Waals surface area contributed by atoms with Crippen LogP contribution in [0.2, 0.25) is 5.15 Å². The lowest BCUT2D eigenvalue weighted by Crippen LogP contribution is -2.05. The van der Waals surface area contributed by atoms with Crippen molar-refractivity contribution < 1.29 is 18.7 Å². The summed E-state index contributed by atoms with van der Waals surface area (Å²) < 4.78 is 24.9. The van der Waals surface area contributed by atoms with E-state index in [1.165, 1.54) is 13.0 Å². The minimum Gasteiger partial charge on any atom is -0.481 e. The monoisotopic (exact) mass is 235 g/mol. The number of pyridine rings is 1. The second-order valence-corrected chi connectivity index (χ2v) is 3.36. The Labute approximate surface area is 89.7 Å². The summed E-state index contributed by atoms with van der Waals surface area (Å²) in [6.45, 7) is 1.44. The molecule has 0 atom stereocenters. The number of halogens is 3. The van der Waals surface area contributed by atoms with Crippen LogP contribution in [0.15, 0.2) is 6.07 Å². The molecule has 0 aliphatic heterocycles. The van der Waals surface area contributed by atoms with Gasteiger partial charge in [-0.2, -0.15) is 0 Å². The second-order valence-electron chi connectivity index (χ2n) is 3.01. The molecule has 0 amide bonds. The number of rotatable bonds is 3. The predicted octanol–water partition coefficient (Wildman–Crippen LogP) is 2.61. The number of nitrogens with zero attached hydrogens (tertiary/aromatic N) is 1. The normalized spacial score (nSPS) is 10.7. The predicted molar refractivity (Wildman–Crippen MR) is 50.3 cm³/mol. The van der Waals surface area contributed by atoms with Crippen LogP contribution in [0.3, 0.4) is 0 Å². The Balaban J connectivity index is 3.13. The maximum atomic E-state index is 12.4. The molecule has 0 aliphatic rings. The van der Waals surface area contributed by atoms with Gasteiger partial charge in [-0.1, -0.05) is 11.6 Å². The van der Waals surface area contributed by atoms with Crippen LogP contribution in [0, 0.1) is 6.92 Å². The highest BCUT2D eigenvalue weighted by molar-refractivity contribution is 6.30. The molecule has 1 rings (SSSR count). The second kappa shape index (κ2) is 4.53. The van der Waals surface area contributed by atoms with Gasteiger partial charge in [0.2, 0.25) is 0 Å². The Morgan fingerprint density at radius 1 is 1.67 bits per heavy atom. The van der Waals surface area contributed by atoms with Gasteiger partial charge in [-0.3, -0.25) is 4.79 Å². The number of carboxylic acid groups (broad SMARTS) is 1. The molecule has 0 radical (unpaired) electrons. The largest absolute Gasteiger partial charge is 0.481 e. The van der Waals surface area contributed by atoms with Crippen LogP contribution >= 0.6 is 11.6 Å². The molecule has 1 aromatic rings. The van der Waals surface area contributed by atoms with Crippen molar-refractivity contribution in [2.45, 2.75) is 19.8 Å². The van der Waals surface area contributed by atoms with Gasteiger partial charge in [-0.15, -0.1) is 0 Å². The fourth-order valence-electron chi connectivity index (χ4n) is 1.22. The zero-order valence-corrected chi connectivity index (χ0v) is 8.55. The van der Waals surface area contributed by atoms with Crippen LogP contribution < -0.4 is 0 Å². The topological polar surface area (TPSA) is 50.2 Å². The van der Waals surface area contributed by atoms with Crippen LogP contribution in [0.4, 0.5) is 8.78 Å². The van der Waals surface area contributed by atoms with Crippen molar-refractivity contribution in [3.05, 3.63) is 28.0 Å². The van der Waals surface area contributed by atoms with Crippen LogP contribution in [0.5, 0.6) is 0 Å². The summed E-state index contributed by atoms with van der Waals surface area (Å²) in [5.74, 6) is -1.08. The summed E-state index contributed by atoms with van der Waals surface area (Å²) in [5.41, 5.74) is 0.0847. The summed E-state index contributed by atoms with van der Waals surface area (Å²) in [6.07, 6.45) is -3.03. The van der Waals surface area contributed by atoms with Gasteiger partial charge in [0.1, 0.15) is 5.15 Å². The first-order chi connectivity index (χ1) is 6.91. The molecule has 0 fully saturated rings. The molecular weight excluding hydrogens is 228 g/mol. The number of aliphatic carboxylic acids is 1. The average molecular weight is 236 g/mol. The van der Waals surface area contributed by atoms with Gasteiger partial charge in [0.25, 0.3) is 6.43 Å². The number of carbonyl (C=O) groups is 1. The Morgan fingerprint density at radius 2 is 2.27 bits per heavy atom. The molecule has 0 aromatic carbocycles. The number of hydrogen-bond acceptors (Lipinski definition) is 2. The van der Waals surface area contributed by atoms with E-state index in [-0.39, 0.29) is 28.4 Å². The van der Waals surface area contributed by atoms with Gasteiger partial charge in [0, 0.05) is 0 Å². The molecule has 1 aromatic heterocycles.